The Morgan fingerprint density at radius 3 is 2.70 bits per heavy atom. The normalized spacial score (nSPS) is 17.1. The minimum atomic E-state index is 0.0899. The van der Waals surface area contributed by atoms with E-state index in [1.54, 1.807) is 0 Å². The van der Waals surface area contributed by atoms with Crippen LogP contribution in [0.1, 0.15) is 18.1 Å². The molecule has 0 amide bonds. The molecule has 0 saturated carbocycles. The molecule has 20 heavy (non-hydrogen) atoms. The quantitative estimate of drug-likeness (QED) is 0.650. The summed E-state index contributed by atoms with van der Waals surface area (Å²) < 4.78 is 0.966. The summed E-state index contributed by atoms with van der Waals surface area (Å²) in [6, 6.07) is 14.8. The zero-order chi connectivity index (χ0) is 14.3. The van der Waals surface area contributed by atoms with Crippen molar-refractivity contribution in [1.82, 2.24) is 0 Å². The van der Waals surface area contributed by atoms with Gasteiger partial charge in [-0.3, -0.25) is 5.41 Å². The van der Waals surface area contributed by atoms with Crippen molar-refractivity contribution in [1.29, 1.82) is 5.41 Å². The van der Waals surface area contributed by atoms with Gasteiger partial charge in [0.1, 0.15) is 5.84 Å². The number of rotatable bonds is 2. The summed E-state index contributed by atoms with van der Waals surface area (Å²) in [4.78, 5) is 2.34. The van der Waals surface area contributed by atoms with E-state index in [2.05, 4.69) is 52.0 Å². The number of hydrogen-bond donors (Lipinski definition) is 2. The van der Waals surface area contributed by atoms with E-state index < -0.39 is 0 Å². The molecule has 102 valence electrons. The van der Waals surface area contributed by atoms with Gasteiger partial charge in [0.2, 0.25) is 0 Å². The van der Waals surface area contributed by atoms with Gasteiger partial charge in [0.15, 0.2) is 0 Å². The van der Waals surface area contributed by atoms with Crippen molar-refractivity contribution in [3.63, 3.8) is 0 Å². The maximum Gasteiger partial charge on any atom is 0.122 e. The maximum absolute atomic E-state index is 7.51. The number of nitrogen functional groups attached to an aromatic ring is 1. The lowest BCUT2D eigenvalue weighted by atomic mass is 10.1. The van der Waals surface area contributed by atoms with Gasteiger partial charge in [0.05, 0.1) is 5.69 Å². The minimum Gasteiger partial charge on any atom is -0.384 e. The first-order valence-corrected chi connectivity index (χ1v) is 7.38. The maximum atomic E-state index is 7.51. The summed E-state index contributed by atoms with van der Waals surface area (Å²) in [5.74, 6) is 0.0899. The topological polar surface area (TPSA) is 53.1 Å². The van der Waals surface area contributed by atoms with Gasteiger partial charge in [0, 0.05) is 21.8 Å². The third-order valence-electron chi connectivity index (χ3n) is 3.73. The van der Waals surface area contributed by atoms with Crippen molar-refractivity contribution in [3.05, 3.63) is 58.1 Å². The average molecular weight is 330 g/mol. The second-order valence-electron chi connectivity index (χ2n) is 5.13. The summed E-state index contributed by atoms with van der Waals surface area (Å²) >= 11 is 3.61. The predicted molar refractivity (Wildman–Crippen MR) is 86.9 cm³/mol. The molecule has 0 aliphatic carbocycles. The van der Waals surface area contributed by atoms with E-state index in [4.69, 9.17) is 11.1 Å². The largest absolute Gasteiger partial charge is 0.384 e. The molecule has 3 rings (SSSR count). The fourth-order valence-corrected chi connectivity index (χ4v) is 3.37. The number of nitrogens with one attached hydrogen (secondary N) is 1. The highest BCUT2D eigenvalue weighted by Gasteiger charge is 2.27. The Morgan fingerprint density at radius 1 is 1.25 bits per heavy atom. The number of hydrogen-bond acceptors (Lipinski definition) is 2. The SMILES string of the molecule is CC1Cc2ccccc2N1c1ccc(C(=N)N)cc1Br. The van der Waals surface area contributed by atoms with Gasteiger partial charge in [-0.1, -0.05) is 18.2 Å². The molecule has 0 fully saturated rings. The van der Waals surface area contributed by atoms with E-state index in [-0.39, 0.29) is 5.84 Å². The van der Waals surface area contributed by atoms with Crippen LogP contribution in [-0.4, -0.2) is 11.9 Å². The predicted octanol–water partition coefficient (Wildman–Crippen LogP) is 3.82. The van der Waals surface area contributed by atoms with Gasteiger partial charge in [-0.25, -0.2) is 0 Å². The van der Waals surface area contributed by atoms with E-state index in [1.807, 2.05) is 18.2 Å². The molecule has 0 spiro atoms. The van der Waals surface area contributed by atoms with E-state index >= 15 is 0 Å². The summed E-state index contributed by atoms with van der Waals surface area (Å²) in [6.45, 7) is 2.23. The molecular weight excluding hydrogens is 314 g/mol. The van der Waals surface area contributed by atoms with Crippen molar-refractivity contribution in [2.75, 3.05) is 4.90 Å². The van der Waals surface area contributed by atoms with Crippen molar-refractivity contribution in [3.8, 4) is 0 Å². The summed E-state index contributed by atoms with van der Waals surface area (Å²) in [7, 11) is 0. The van der Waals surface area contributed by atoms with Gasteiger partial charge in [-0.05, 0) is 59.1 Å². The van der Waals surface area contributed by atoms with Gasteiger partial charge >= 0.3 is 0 Å². The first kappa shape index (κ1) is 13.2. The van der Waals surface area contributed by atoms with Crippen LogP contribution in [0.2, 0.25) is 0 Å². The lowest BCUT2D eigenvalue weighted by Crippen LogP contribution is -2.24. The number of para-hydroxylation sites is 1. The van der Waals surface area contributed by atoms with Crippen LogP contribution in [0.5, 0.6) is 0 Å². The Morgan fingerprint density at radius 2 is 2.00 bits per heavy atom. The van der Waals surface area contributed by atoms with E-state index in [1.165, 1.54) is 11.3 Å². The number of halogens is 1. The van der Waals surface area contributed by atoms with Gasteiger partial charge in [-0.2, -0.15) is 0 Å². The smallest absolute Gasteiger partial charge is 0.122 e. The average Bonchev–Trinajstić information content (AvgIpc) is 2.74. The molecule has 1 aliphatic heterocycles. The second-order valence-corrected chi connectivity index (χ2v) is 5.99. The van der Waals surface area contributed by atoms with E-state index in [0.717, 1.165) is 22.1 Å². The lowest BCUT2D eigenvalue weighted by molar-refractivity contribution is 0.758. The Labute approximate surface area is 127 Å². The molecule has 4 heteroatoms. The van der Waals surface area contributed by atoms with Crippen molar-refractivity contribution in [2.45, 2.75) is 19.4 Å². The molecular formula is C16H16BrN3. The molecule has 0 saturated heterocycles. The summed E-state index contributed by atoms with van der Waals surface area (Å²) in [6.07, 6.45) is 1.05. The van der Waals surface area contributed by atoms with Crippen LogP contribution in [0, 0.1) is 5.41 Å². The van der Waals surface area contributed by atoms with Crippen LogP contribution in [-0.2, 0) is 6.42 Å². The monoisotopic (exact) mass is 329 g/mol. The number of benzene rings is 2. The van der Waals surface area contributed by atoms with Gasteiger partial charge < -0.3 is 10.6 Å². The number of amidine groups is 1. The molecule has 1 unspecified atom stereocenters. The van der Waals surface area contributed by atoms with Crippen LogP contribution in [0.3, 0.4) is 0 Å². The second kappa shape index (κ2) is 4.94. The van der Waals surface area contributed by atoms with E-state index in [9.17, 15) is 0 Å². The molecule has 2 aromatic rings. The zero-order valence-electron chi connectivity index (χ0n) is 11.2. The lowest BCUT2D eigenvalue weighted by Gasteiger charge is -2.26. The fourth-order valence-electron chi connectivity index (χ4n) is 2.80. The Hall–Kier alpha value is -1.81. The standard InChI is InChI=1S/C16H16BrN3/c1-10-8-11-4-2-3-5-14(11)20(10)15-7-6-12(16(18)19)9-13(15)17/h2-7,9-10H,8H2,1H3,(H3,18,19). The fraction of sp³-hybridized carbons (Fsp3) is 0.188. The molecule has 1 aliphatic rings. The Kier molecular flexibility index (Phi) is 3.26. The molecule has 3 nitrogen and oxygen atoms in total. The summed E-state index contributed by atoms with van der Waals surface area (Å²) in [5, 5.41) is 7.51. The molecule has 1 heterocycles. The van der Waals surface area contributed by atoms with Gasteiger partial charge in [0.25, 0.3) is 0 Å². The molecule has 0 bridgehead atoms. The van der Waals surface area contributed by atoms with E-state index in [0.29, 0.717) is 6.04 Å². The first-order valence-electron chi connectivity index (χ1n) is 6.59. The molecule has 1 atom stereocenters. The highest BCUT2D eigenvalue weighted by atomic mass is 79.9. The molecule has 0 radical (unpaired) electrons. The third kappa shape index (κ3) is 2.10. The van der Waals surface area contributed by atoms with Crippen molar-refractivity contribution >= 4 is 33.1 Å². The molecule has 2 aromatic carbocycles. The number of nitrogens with two attached hydrogens (primary N) is 1. The van der Waals surface area contributed by atoms with Crippen LogP contribution in [0.4, 0.5) is 11.4 Å². The van der Waals surface area contributed by atoms with Crippen molar-refractivity contribution in [2.24, 2.45) is 5.73 Å². The van der Waals surface area contributed by atoms with Crippen LogP contribution < -0.4 is 10.6 Å². The number of nitrogens with zero attached hydrogens (tertiary/aromatic N) is 1. The van der Waals surface area contributed by atoms with Crippen LogP contribution >= 0.6 is 15.9 Å². The molecule has 3 N–H and O–H groups in total. The minimum absolute atomic E-state index is 0.0899. The highest BCUT2D eigenvalue weighted by molar-refractivity contribution is 9.10. The molecule has 0 aromatic heterocycles. The Balaban J connectivity index is 2.07. The van der Waals surface area contributed by atoms with Crippen molar-refractivity contribution < 1.29 is 0 Å². The first-order chi connectivity index (χ1) is 9.58. The Bertz CT molecular complexity index is 681. The zero-order valence-corrected chi connectivity index (χ0v) is 12.8. The highest BCUT2D eigenvalue weighted by Crippen LogP contribution is 2.41. The number of anilines is 2. The third-order valence-corrected chi connectivity index (χ3v) is 4.36. The number of fused-ring (bicyclic) bond motifs is 1. The summed E-state index contributed by atoms with van der Waals surface area (Å²) in [5.41, 5.74) is 10.0. The van der Waals surface area contributed by atoms with Crippen LogP contribution in [0.25, 0.3) is 0 Å². The van der Waals surface area contributed by atoms with Crippen LogP contribution in [0.15, 0.2) is 46.9 Å². The van der Waals surface area contributed by atoms with Gasteiger partial charge in [-0.15, -0.1) is 0 Å².